The van der Waals surface area contributed by atoms with Gasteiger partial charge in [-0.1, -0.05) is 35.9 Å². The Morgan fingerprint density at radius 3 is 2.60 bits per heavy atom. The molecule has 0 radical (unpaired) electrons. The Kier molecular flexibility index (Phi) is 3.85. The van der Waals surface area contributed by atoms with Crippen molar-refractivity contribution in [1.29, 1.82) is 0 Å². The number of hydrogen-bond acceptors (Lipinski definition) is 1. The monoisotopic (exact) mass is 300 g/mol. The van der Waals surface area contributed by atoms with Gasteiger partial charge in [0.1, 0.15) is 0 Å². The number of hydrogen-bond donors (Lipinski definition) is 1. The standard InChI is InChI=1S/C12H10O2.Cd/c1-8-5-6-9-3-2-4-10(12(13)14)11(9)7-8;/h2-7H,1H3,(H,13,14);. The van der Waals surface area contributed by atoms with Gasteiger partial charge in [0.2, 0.25) is 0 Å². The van der Waals surface area contributed by atoms with Crippen LogP contribution in [-0.4, -0.2) is 11.1 Å². The van der Waals surface area contributed by atoms with Crippen LogP contribution in [0.4, 0.5) is 0 Å². The Morgan fingerprint density at radius 2 is 1.93 bits per heavy atom. The number of aryl methyl sites for hydroxylation is 1. The molecule has 0 saturated carbocycles. The van der Waals surface area contributed by atoms with Crippen LogP contribution in [0.15, 0.2) is 36.4 Å². The van der Waals surface area contributed by atoms with Crippen molar-refractivity contribution in [2.75, 3.05) is 0 Å². The Labute approximate surface area is 108 Å². The molecule has 2 nitrogen and oxygen atoms in total. The van der Waals surface area contributed by atoms with Crippen molar-refractivity contribution in [2.45, 2.75) is 6.92 Å². The van der Waals surface area contributed by atoms with Crippen LogP contribution >= 0.6 is 0 Å². The van der Waals surface area contributed by atoms with E-state index in [4.69, 9.17) is 5.11 Å². The minimum absolute atomic E-state index is 0. The predicted molar refractivity (Wildman–Crippen MR) is 55.6 cm³/mol. The molecule has 72 valence electrons. The van der Waals surface area contributed by atoms with Gasteiger partial charge in [0.05, 0.1) is 5.56 Å². The van der Waals surface area contributed by atoms with E-state index in [-0.39, 0.29) is 27.3 Å². The molecule has 0 bridgehead atoms. The maximum Gasteiger partial charge on any atom is 0.336 e. The second-order valence-electron chi connectivity index (χ2n) is 3.34. The molecule has 0 fully saturated rings. The van der Waals surface area contributed by atoms with Crippen molar-refractivity contribution < 1.29 is 37.2 Å². The fourth-order valence-electron chi connectivity index (χ4n) is 1.57. The third-order valence-electron chi connectivity index (χ3n) is 2.27. The van der Waals surface area contributed by atoms with Gasteiger partial charge in [0.15, 0.2) is 0 Å². The Morgan fingerprint density at radius 1 is 1.20 bits per heavy atom. The van der Waals surface area contributed by atoms with E-state index in [1.54, 1.807) is 12.1 Å². The molecule has 0 saturated heterocycles. The summed E-state index contributed by atoms with van der Waals surface area (Å²) in [4.78, 5) is 10.9. The quantitative estimate of drug-likeness (QED) is 0.822. The number of carboxylic acids is 1. The molecule has 2 rings (SSSR count). The number of carbonyl (C=O) groups is 1. The van der Waals surface area contributed by atoms with Gasteiger partial charge in [-0.3, -0.25) is 0 Å². The van der Waals surface area contributed by atoms with Gasteiger partial charge in [0, 0.05) is 27.3 Å². The maximum atomic E-state index is 10.9. The van der Waals surface area contributed by atoms with Crippen LogP contribution in [0.1, 0.15) is 15.9 Å². The van der Waals surface area contributed by atoms with E-state index in [2.05, 4.69) is 0 Å². The molecular formula is C12H10CdO2. The summed E-state index contributed by atoms with van der Waals surface area (Å²) in [6.07, 6.45) is 0. The number of rotatable bonds is 1. The SMILES string of the molecule is Cc1ccc2cccc(C(=O)O)c2c1.[Cd]. The zero-order valence-electron chi connectivity index (χ0n) is 8.53. The van der Waals surface area contributed by atoms with Crippen molar-refractivity contribution in [3.63, 3.8) is 0 Å². The fourth-order valence-corrected chi connectivity index (χ4v) is 1.57. The molecule has 0 aliphatic carbocycles. The normalized spacial score (nSPS) is 9.67. The summed E-state index contributed by atoms with van der Waals surface area (Å²) in [7, 11) is 0. The maximum absolute atomic E-state index is 10.9. The third kappa shape index (κ3) is 2.37. The van der Waals surface area contributed by atoms with Gasteiger partial charge >= 0.3 is 5.97 Å². The van der Waals surface area contributed by atoms with Crippen LogP contribution in [0, 0.1) is 6.92 Å². The summed E-state index contributed by atoms with van der Waals surface area (Å²) < 4.78 is 0. The molecule has 0 unspecified atom stereocenters. The molecular weight excluding hydrogens is 289 g/mol. The van der Waals surface area contributed by atoms with Gasteiger partial charge in [-0.25, -0.2) is 4.79 Å². The zero-order chi connectivity index (χ0) is 10.1. The topological polar surface area (TPSA) is 37.3 Å². The first-order chi connectivity index (χ1) is 6.68. The summed E-state index contributed by atoms with van der Waals surface area (Å²) in [5.41, 5.74) is 1.44. The molecule has 0 heterocycles. The minimum Gasteiger partial charge on any atom is -0.478 e. The van der Waals surface area contributed by atoms with E-state index in [0.717, 1.165) is 16.3 Å². The summed E-state index contributed by atoms with van der Waals surface area (Å²) in [5, 5.41) is 10.7. The van der Waals surface area contributed by atoms with E-state index >= 15 is 0 Å². The van der Waals surface area contributed by atoms with Crippen LogP contribution in [0.25, 0.3) is 10.8 Å². The van der Waals surface area contributed by atoms with E-state index in [1.807, 2.05) is 31.2 Å². The average molecular weight is 299 g/mol. The van der Waals surface area contributed by atoms with E-state index in [0.29, 0.717) is 5.56 Å². The summed E-state index contributed by atoms with van der Waals surface area (Å²) in [5.74, 6) is -0.874. The van der Waals surface area contributed by atoms with Crippen LogP contribution in [-0.2, 0) is 27.3 Å². The Hall–Kier alpha value is -0.908. The van der Waals surface area contributed by atoms with E-state index in [1.165, 1.54) is 0 Å². The van der Waals surface area contributed by atoms with Crippen molar-refractivity contribution in [3.8, 4) is 0 Å². The van der Waals surface area contributed by atoms with Crippen molar-refractivity contribution in [1.82, 2.24) is 0 Å². The summed E-state index contributed by atoms with van der Waals surface area (Å²) in [6, 6.07) is 11.1. The van der Waals surface area contributed by atoms with Crippen molar-refractivity contribution in [2.24, 2.45) is 0 Å². The molecule has 0 spiro atoms. The largest absolute Gasteiger partial charge is 0.478 e. The third-order valence-corrected chi connectivity index (χ3v) is 2.27. The van der Waals surface area contributed by atoms with Crippen LogP contribution < -0.4 is 0 Å². The fraction of sp³-hybridized carbons (Fsp3) is 0.0833. The van der Waals surface area contributed by atoms with Crippen LogP contribution in [0.3, 0.4) is 0 Å². The van der Waals surface area contributed by atoms with Gasteiger partial charge in [-0.2, -0.15) is 0 Å². The average Bonchev–Trinajstić information content (AvgIpc) is 2.16. The first-order valence-corrected chi connectivity index (χ1v) is 4.41. The Bertz CT molecular complexity index is 506. The van der Waals surface area contributed by atoms with E-state index < -0.39 is 5.97 Å². The molecule has 1 N–H and O–H groups in total. The second kappa shape index (κ2) is 4.74. The summed E-state index contributed by atoms with van der Waals surface area (Å²) in [6.45, 7) is 1.96. The van der Waals surface area contributed by atoms with E-state index in [9.17, 15) is 4.79 Å². The van der Waals surface area contributed by atoms with Crippen LogP contribution in [0.5, 0.6) is 0 Å². The van der Waals surface area contributed by atoms with Crippen molar-refractivity contribution in [3.05, 3.63) is 47.5 Å². The summed E-state index contributed by atoms with van der Waals surface area (Å²) >= 11 is 0. The first-order valence-electron chi connectivity index (χ1n) is 4.41. The molecule has 0 atom stereocenters. The first kappa shape index (κ1) is 12.2. The molecule has 0 aliphatic heterocycles. The number of carboxylic acid groups (broad SMARTS) is 1. The molecule has 0 aliphatic rings. The van der Waals surface area contributed by atoms with Gasteiger partial charge in [-0.15, -0.1) is 0 Å². The number of aromatic carboxylic acids is 1. The molecule has 0 amide bonds. The van der Waals surface area contributed by atoms with Crippen LogP contribution in [0.2, 0.25) is 0 Å². The molecule has 0 aromatic heterocycles. The number of benzene rings is 2. The minimum atomic E-state index is -0.874. The second-order valence-corrected chi connectivity index (χ2v) is 3.34. The smallest absolute Gasteiger partial charge is 0.336 e. The Balaban J connectivity index is 0.00000112. The van der Waals surface area contributed by atoms with Gasteiger partial charge < -0.3 is 5.11 Å². The molecule has 2 aromatic carbocycles. The predicted octanol–water partition coefficient (Wildman–Crippen LogP) is 2.84. The van der Waals surface area contributed by atoms with Gasteiger partial charge in [0.25, 0.3) is 0 Å². The molecule has 2 aromatic rings. The number of fused-ring (bicyclic) bond motifs is 1. The van der Waals surface area contributed by atoms with Crippen molar-refractivity contribution >= 4 is 16.7 Å². The zero-order valence-corrected chi connectivity index (χ0v) is 12.6. The molecule has 15 heavy (non-hydrogen) atoms. The molecule has 3 heteroatoms. The van der Waals surface area contributed by atoms with Gasteiger partial charge in [-0.05, 0) is 23.8 Å².